The molecule has 0 amide bonds. The van der Waals surface area contributed by atoms with Crippen molar-refractivity contribution >= 4 is 5.71 Å². The number of rotatable bonds is 6. The maximum atomic E-state index is 10.4. The Balaban J connectivity index is 1.44. The lowest BCUT2D eigenvalue weighted by Gasteiger charge is -2.59. The fraction of sp³-hybridized carbons (Fsp3) is 0.955. The van der Waals surface area contributed by atoms with Gasteiger partial charge in [-0.25, -0.2) is 0 Å². The van der Waals surface area contributed by atoms with Crippen LogP contribution in [0.25, 0.3) is 0 Å². The molecule has 1 aliphatic carbocycles. The van der Waals surface area contributed by atoms with Crippen molar-refractivity contribution in [3.63, 3.8) is 0 Å². The minimum Gasteiger partial charge on any atom is -0.393 e. The second-order valence-corrected chi connectivity index (χ2v) is 9.96. The number of morpholine rings is 1. The van der Waals surface area contributed by atoms with E-state index in [4.69, 9.17) is 14.3 Å². The van der Waals surface area contributed by atoms with Gasteiger partial charge in [-0.1, -0.05) is 11.6 Å². The minimum absolute atomic E-state index is 0.178. The molecule has 1 N–H and O–H groups in total. The van der Waals surface area contributed by atoms with Gasteiger partial charge in [0.05, 0.1) is 24.9 Å². The zero-order valence-corrected chi connectivity index (χ0v) is 18.4. The van der Waals surface area contributed by atoms with Crippen molar-refractivity contribution in [3.05, 3.63) is 0 Å². The highest BCUT2D eigenvalue weighted by Crippen LogP contribution is 2.50. The molecule has 5 fully saturated rings. The molecule has 7 nitrogen and oxygen atoms in total. The standard InChI is InChI=1S/C22H39N3O4/c1-21(2)18-7-8-22(3,29-21)20(19(18)25-11-13-27-14-12-25)23-28-16-17(26)15-24-9-5-4-6-10-24/h17-19,26H,4-16H2,1-3H3/b23-20-/t17?,18-,19+,22+/m1/s1. The van der Waals surface area contributed by atoms with Gasteiger partial charge in [-0.05, 0) is 59.5 Å². The van der Waals surface area contributed by atoms with E-state index in [0.29, 0.717) is 12.5 Å². The number of nitrogens with zero attached hydrogens (tertiary/aromatic N) is 3. The number of aliphatic hydroxyl groups is 1. The molecule has 0 spiro atoms. The maximum absolute atomic E-state index is 10.4. The second kappa shape index (κ2) is 8.79. The molecule has 1 saturated carbocycles. The summed E-state index contributed by atoms with van der Waals surface area (Å²) in [6.07, 6.45) is 5.36. The molecule has 0 aromatic carbocycles. The molecule has 5 rings (SSSR count). The number of likely N-dealkylation sites (tertiary alicyclic amines) is 1. The molecule has 4 saturated heterocycles. The van der Waals surface area contributed by atoms with Gasteiger partial charge in [0.1, 0.15) is 24.0 Å². The van der Waals surface area contributed by atoms with E-state index < -0.39 is 11.7 Å². The number of hydrogen-bond donors (Lipinski definition) is 1. The summed E-state index contributed by atoms with van der Waals surface area (Å²) in [5.41, 5.74) is 0.419. The molecule has 0 aromatic rings. The average Bonchev–Trinajstić information content (AvgIpc) is 2.69. The lowest BCUT2D eigenvalue weighted by molar-refractivity contribution is -0.199. The molecule has 4 aliphatic heterocycles. The van der Waals surface area contributed by atoms with Crippen LogP contribution in [0.1, 0.15) is 52.9 Å². The first-order chi connectivity index (χ1) is 13.9. The average molecular weight is 410 g/mol. The number of fused-ring (bicyclic) bond motifs is 3. The smallest absolute Gasteiger partial charge is 0.144 e. The third-order valence-electron chi connectivity index (χ3n) is 7.30. The van der Waals surface area contributed by atoms with Gasteiger partial charge >= 0.3 is 0 Å². The van der Waals surface area contributed by atoms with E-state index in [0.717, 1.165) is 57.9 Å². The highest BCUT2D eigenvalue weighted by molar-refractivity contribution is 5.98. The van der Waals surface area contributed by atoms with Gasteiger partial charge < -0.3 is 24.3 Å². The Morgan fingerprint density at radius 2 is 1.86 bits per heavy atom. The maximum Gasteiger partial charge on any atom is 0.144 e. The van der Waals surface area contributed by atoms with Crippen molar-refractivity contribution in [3.8, 4) is 0 Å². The quantitative estimate of drug-likeness (QED) is 0.676. The summed E-state index contributed by atoms with van der Waals surface area (Å²) in [6.45, 7) is 13.0. The van der Waals surface area contributed by atoms with Crippen LogP contribution in [0.4, 0.5) is 0 Å². The summed E-state index contributed by atoms with van der Waals surface area (Å²) in [7, 11) is 0. The summed E-state index contributed by atoms with van der Waals surface area (Å²) in [5, 5.41) is 15.1. The number of piperidine rings is 1. The Hall–Kier alpha value is -0.730. The molecular weight excluding hydrogens is 370 g/mol. The van der Waals surface area contributed by atoms with Gasteiger partial charge in [0.25, 0.3) is 0 Å². The molecule has 1 unspecified atom stereocenters. The molecule has 166 valence electrons. The van der Waals surface area contributed by atoms with Crippen LogP contribution in [0, 0.1) is 5.92 Å². The third kappa shape index (κ3) is 4.64. The Morgan fingerprint density at radius 1 is 1.14 bits per heavy atom. The summed E-state index contributed by atoms with van der Waals surface area (Å²) >= 11 is 0. The van der Waals surface area contributed by atoms with Gasteiger partial charge in [0.2, 0.25) is 0 Å². The summed E-state index contributed by atoms with van der Waals surface area (Å²) in [4.78, 5) is 10.6. The van der Waals surface area contributed by atoms with Crippen LogP contribution < -0.4 is 0 Å². The SMILES string of the molecule is CC1(C)O[C@@]2(C)CC[C@@H]1[C@H](N1CCOCC1)/C2=N/OCC(O)CN1CCCCC1. The number of β-amino-alcohol motifs (C(OH)–C–C–N with tert-alkyl or cyclic N) is 1. The predicted octanol–water partition coefficient (Wildman–Crippen LogP) is 1.88. The summed E-state index contributed by atoms with van der Waals surface area (Å²) < 4.78 is 12.1. The number of ether oxygens (including phenoxy) is 2. The van der Waals surface area contributed by atoms with E-state index in [1.165, 1.54) is 19.3 Å². The zero-order valence-electron chi connectivity index (χ0n) is 18.4. The number of oxime groups is 1. The summed E-state index contributed by atoms with van der Waals surface area (Å²) in [6, 6.07) is 0.223. The van der Waals surface area contributed by atoms with Gasteiger partial charge in [0, 0.05) is 25.6 Å². The molecule has 5 aliphatic rings. The summed E-state index contributed by atoms with van der Waals surface area (Å²) in [5.74, 6) is 0.392. The number of hydrogen-bond acceptors (Lipinski definition) is 7. The Morgan fingerprint density at radius 3 is 2.55 bits per heavy atom. The first-order valence-electron chi connectivity index (χ1n) is 11.5. The fourth-order valence-electron chi connectivity index (χ4n) is 5.83. The van der Waals surface area contributed by atoms with Crippen LogP contribution in [-0.2, 0) is 14.3 Å². The second-order valence-electron chi connectivity index (χ2n) is 9.96. The molecule has 7 heteroatoms. The van der Waals surface area contributed by atoms with Crippen LogP contribution in [0.5, 0.6) is 0 Å². The largest absolute Gasteiger partial charge is 0.393 e. The minimum atomic E-state index is -0.509. The Kier molecular flexibility index (Phi) is 6.52. The normalized spacial score (nSPS) is 38.3. The van der Waals surface area contributed by atoms with Crippen molar-refractivity contribution in [1.29, 1.82) is 0 Å². The lowest BCUT2D eigenvalue weighted by Crippen LogP contribution is -2.71. The van der Waals surface area contributed by atoms with Crippen molar-refractivity contribution in [2.24, 2.45) is 11.1 Å². The molecule has 29 heavy (non-hydrogen) atoms. The predicted molar refractivity (Wildman–Crippen MR) is 112 cm³/mol. The Bertz CT molecular complexity index is 587. The molecule has 4 heterocycles. The first kappa shape index (κ1) is 21.5. The highest BCUT2D eigenvalue weighted by atomic mass is 16.6. The van der Waals surface area contributed by atoms with Crippen LogP contribution in [-0.4, -0.2) is 96.5 Å². The highest BCUT2D eigenvalue weighted by Gasteiger charge is 2.59. The topological polar surface area (TPSA) is 66.8 Å². The van der Waals surface area contributed by atoms with Crippen molar-refractivity contribution in [1.82, 2.24) is 9.80 Å². The van der Waals surface area contributed by atoms with Crippen LogP contribution in [0.2, 0.25) is 0 Å². The number of aliphatic hydroxyl groups excluding tert-OH is 1. The third-order valence-corrected chi connectivity index (χ3v) is 7.30. The van der Waals surface area contributed by atoms with E-state index in [-0.39, 0.29) is 18.2 Å². The van der Waals surface area contributed by atoms with Crippen LogP contribution in [0.15, 0.2) is 5.16 Å². The van der Waals surface area contributed by atoms with Gasteiger partial charge in [-0.3, -0.25) is 4.90 Å². The van der Waals surface area contributed by atoms with Crippen molar-refractivity contribution in [2.75, 3.05) is 52.5 Å². The van der Waals surface area contributed by atoms with Crippen LogP contribution in [0.3, 0.4) is 0 Å². The monoisotopic (exact) mass is 409 g/mol. The molecule has 0 radical (unpaired) electrons. The molecule has 4 atom stereocenters. The first-order valence-corrected chi connectivity index (χ1v) is 11.5. The van der Waals surface area contributed by atoms with Gasteiger partial charge in [-0.15, -0.1) is 0 Å². The van der Waals surface area contributed by atoms with E-state index in [2.05, 4.69) is 35.7 Å². The van der Waals surface area contributed by atoms with Gasteiger partial charge in [-0.2, -0.15) is 0 Å². The van der Waals surface area contributed by atoms with Gasteiger partial charge in [0.15, 0.2) is 0 Å². The van der Waals surface area contributed by atoms with E-state index in [1.807, 2.05) is 0 Å². The zero-order chi connectivity index (χ0) is 20.5. The van der Waals surface area contributed by atoms with E-state index >= 15 is 0 Å². The van der Waals surface area contributed by atoms with Crippen molar-refractivity contribution < 1.29 is 19.4 Å². The van der Waals surface area contributed by atoms with Crippen molar-refractivity contribution in [2.45, 2.75) is 76.2 Å². The van der Waals surface area contributed by atoms with Crippen LogP contribution >= 0.6 is 0 Å². The fourth-order valence-corrected chi connectivity index (χ4v) is 5.83. The molecule has 0 aromatic heterocycles. The molecular formula is C22H39N3O4. The van der Waals surface area contributed by atoms with E-state index in [1.54, 1.807) is 0 Å². The molecule has 2 bridgehead atoms. The van der Waals surface area contributed by atoms with E-state index in [9.17, 15) is 5.11 Å². The lowest BCUT2D eigenvalue weighted by atomic mass is 9.64. The Labute approximate surface area is 175 Å².